The van der Waals surface area contributed by atoms with E-state index in [1.165, 1.54) is 5.01 Å². The summed E-state index contributed by atoms with van der Waals surface area (Å²) in [7, 11) is 1.60. The molecule has 0 aliphatic carbocycles. The van der Waals surface area contributed by atoms with Gasteiger partial charge in [0.05, 0.1) is 24.6 Å². The van der Waals surface area contributed by atoms with Crippen LogP contribution >= 0.6 is 11.5 Å². The number of hydrogen-bond donors (Lipinski definition) is 1. The first-order valence-electron chi connectivity index (χ1n) is 9.95. The molecule has 0 saturated heterocycles. The number of ether oxygens (including phenoxy) is 2. The number of aromatic nitrogens is 1. The summed E-state index contributed by atoms with van der Waals surface area (Å²) in [6, 6.07) is 16.8. The second-order valence-electron chi connectivity index (χ2n) is 7.23. The van der Waals surface area contributed by atoms with Gasteiger partial charge in [-0.05, 0) is 41.7 Å². The van der Waals surface area contributed by atoms with Gasteiger partial charge in [-0.25, -0.2) is 9.80 Å². The first-order chi connectivity index (χ1) is 15.5. The standard InChI is InChI=1S/C23H22N4O4S/c1-14-21(22(24)32-26-14)23(29)31-13-20(28)27-19(16-8-10-17(30-2)11-9-16)12-18(25-27)15-6-4-3-5-7-15/h3-11,19H,12-13,24H2,1-2H3/t19-/m1/s1. The Balaban J connectivity index is 1.55. The van der Waals surface area contributed by atoms with Crippen molar-refractivity contribution in [3.05, 3.63) is 77.0 Å². The molecule has 1 aliphatic rings. The van der Waals surface area contributed by atoms with Crippen LogP contribution in [0.1, 0.15) is 39.6 Å². The zero-order valence-corrected chi connectivity index (χ0v) is 18.5. The maximum absolute atomic E-state index is 13.0. The maximum Gasteiger partial charge on any atom is 0.343 e. The molecular weight excluding hydrogens is 428 g/mol. The number of methoxy groups -OCH3 is 1. The summed E-state index contributed by atoms with van der Waals surface area (Å²) >= 11 is 1.02. The summed E-state index contributed by atoms with van der Waals surface area (Å²) in [5.74, 6) is -0.376. The number of hydrazone groups is 1. The van der Waals surface area contributed by atoms with Crippen molar-refractivity contribution in [1.29, 1.82) is 0 Å². The predicted octanol–water partition coefficient (Wildman–Crippen LogP) is 3.58. The van der Waals surface area contributed by atoms with Gasteiger partial charge in [0.15, 0.2) is 6.61 Å². The quantitative estimate of drug-likeness (QED) is 0.575. The molecule has 32 heavy (non-hydrogen) atoms. The second kappa shape index (κ2) is 9.19. The predicted molar refractivity (Wildman–Crippen MR) is 122 cm³/mol. The Bertz CT molecular complexity index is 1140. The van der Waals surface area contributed by atoms with Crippen molar-refractivity contribution in [3.63, 3.8) is 0 Å². The fourth-order valence-electron chi connectivity index (χ4n) is 3.53. The van der Waals surface area contributed by atoms with E-state index in [0.29, 0.717) is 12.1 Å². The number of hydrogen-bond acceptors (Lipinski definition) is 8. The third-order valence-corrected chi connectivity index (χ3v) is 5.96. The molecule has 0 spiro atoms. The molecule has 4 rings (SSSR count). The highest BCUT2D eigenvalue weighted by molar-refractivity contribution is 7.10. The lowest BCUT2D eigenvalue weighted by molar-refractivity contribution is -0.136. The minimum Gasteiger partial charge on any atom is -0.497 e. The van der Waals surface area contributed by atoms with Gasteiger partial charge in [-0.2, -0.15) is 9.47 Å². The van der Waals surface area contributed by atoms with Crippen molar-refractivity contribution < 1.29 is 19.1 Å². The van der Waals surface area contributed by atoms with E-state index >= 15 is 0 Å². The fraction of sp³-hybridized carbons (Fsp3) is 0.217. The molecular formula is C23H22N4O4S. The lowest BCUT2D eigenvalue weighted by atomic mass is 9.98. The molecule has 2 N–H and O–H groups in total. The van der Waals surface area contributed by atoms with Crippen LogP contribution in [0.3, 0.4) is 0 Å². The van der Waals surface area contributed by atoms with Crippen molar-refractivity contribution in [1.82, 2.24) is 9.38 Å². The van der Waals surface area contributed by atoms with Crippen LogP contribution in [0.15, 0.2) is 59.7 Å². The van der Waals surface area contributed by atoms with E-state index in [9.17, 15) is 9.59 Å². The van der Waals surface area contributed by atoms with E-state index in [1.54, 1.807) is 14.0 Å². The summed E-state index contributed by atoms with van der Waals surface area (Å²) in [6.45, 7) is 1.22. The molecule has 1 amide bonds. The number of amides is 1. The molecule has 3 aromatic rings. The van der Waals surface area contributed by atoms with Gasteiger partial charge in [-0.1, -0.05) is 42.5 Å². The zero-order chi connectivity index (χ0) is 22.7. The summed E-state index contributed by atoms with van der Waals surface area (Å²) in [4.78, 5) is 25.5. The van der Waals surface area contributed by atoms with E-state index in [-0.39, 0.29) is 16.6 Å². The number of benzene rings is 2. The van der Waals surface area contributed by atoms with Crippen LogP contribution in [-0.2, 0) is 9.53 Å². The van der Waals surface area contributed by atoms with Gasteiger partial charge in [-0.15, -0.1) is 0 Å². The molecule has 2 heterocycles. The Morgan fingerprint density at radius 2 is 1.88 bits per heavy atom. The average Bonchev–Trinajstić information content (AvgIpc) is 3.41. The van der Waals surface area contributed by atoms with Crippen LogP contribution in [-0.4, -0.2) is 40.7 Å². The van der Waals surface area contributed by atoms with Crippen molar-refractivity contribution in [2.24, 2.45) is 5.10 Å². The zero-order valence-electron chi connectivity index (χ0n) is 17.6. The van der Waals surface area contributed by atoms with Crippen LogP contribution in [0.25, 0.3) is 0 Å². The van der Waals surface area contributed by atoms with Crippen molar-refractivity contribution >= 4 is 34.1 Å². The molecule has 0 radical (unpaired) electrons. The molecule has 164 valence electrons. The van der Waals surface area contributed by atoms with Gasteiger partial charge in [0, 0.05) is 6.42 Å². The van der Waals surface area contributed by atoms with Crippen LogP contribution in [0, 0.1) is 6.92 Å². The third kappa shape index (κ3) is 4.33. The minimum absolute atomic E-state index is 0.199. The monoisotopic (exact) mass is 450 g/mol. The first-order valence-corrected chi connectivity index (χ1v) is 10.7. The van der Waals surface area contributed by atoms with Crippen LogP contribution in [0.2, 0.25) is 0 Å². The molecule has 1 atom stereocenters. The van der Waals surface area contributed by atoms with Gasteiger partial charge in [0.2, 0.25) is 0 Å². The Kier molecular flexibility index (Phi) is 6.18. The first kappa shape index (κ1) is 21.5. The number of carbonyl (C=O) groups is 2. The smallest absolute Gasteiger partial charge is 0.343 e. The number of aryl methyl sites for hydroxylation is 1. The summed E-state index contributed by atoms with van der Waals surface area (Å²) in [5, 5.41) is 6.23. The van der Waals surface area contributed by atoms with Gasteiger partial charge in [0.25, 0.3) is 5.91 Å². The molecule has 8 nitrogen and oxygen atoms in total. The van der Waals surface area contributed by atoms with Crippen LogP contribution < -0.4 is 10.5 Å². The van der Waals surface area contributed by atoms with Gasteiger partial charge >= 0.3 is 5.97 Å². The van der Waals surface area contributed by atoms with Crippen molar-refractivity contribution in [3.8, 4) is 5.75 Å². The fourth-order valence-corrected chi connectivity index (χ4v) is 4.18. The summed E-state index contributed by atoms with van der Waals surface area (Å²) < 4.78 is 14.5. The van der Waals surface area contributed by atoms with E-state index in [1.807, 2.05) is 54.6 Å². The maximum atomic E-state index is 13.0. The SMILES string of the molecule is COc1ccc([C@H]2CC(c3ccccc3)=NN2C(=O)COC(=O)c2c(C)nsc2N)cc1. The molecule has 0 fully saturated rings. The highest BCUT2D eigenvalue weighted by Crippen LogP contribution is 2.33. The van der Waals surface area contributed by atoms with Crippen molar-refractivity contribution in [2.75, 3.05) is 19.5 Å². The van der Waals surface area contributed by atoms with Gasteiger partial charge in [0.1, 0.15) is 16.3 Å². The van der Waals surface area contributed by atoms with E-state index in [0.717, 1.165) is 34.1 Å². The largest absolute Gasteiger partial charge is 0.497 e. The highest BCUT2D eigenvalue weighted by Gasteiger charge is 2.34. The Morgan fingerprint density at radius 1 is 1.16 bits per heavy atom. The molecule has 0 unspecified atom stereocenters. The summed E-state index contributed by atoms with van der Waals surface area (Å²) in [5.41, 5.74) is 9.11. The normalized spacial score (nSPS) is 15.4. The number of rotatable bonds is 6. The molecule has 0 saturated carbocycles. The van der Waals surface area contributed by atoms with E-state index in [2.05, 4.69) is 9.47 Å². The van der Waals surface area contributed by atoms with Gasteiger partial charge in [-0.3, -0.25) is 4.79 Å². The number of carbonyl (C=O) groups excluding carboxylic acids is 2. The lowest BCUT2D eigenvalue weighted by Gasteiger charge is -2.22. The Hall–Kier alpha value is -3.72. The topological polar surface area (TPSA) is 107 Å². The Morgan fingerprint density at radius 3 is 2.50 bits per heavy atom. The molecule has 0 bridgehead atoms. The highest BCUT2D eigenvalue weighted by atomic mass is 32.1. The summed E-state index contributed by atoms with van der Waals surface area (Å²) in [6.07, 6.45) is 0.538. The van der Waals surface area contributed by atoms with E-state index in [4.69, 9.17) is 15.2 Å². The molecule has 1 aliphatic heterocycles. The molecule has 1 aromatic heterocycles. The number of anilines is 1. The van der Waals surface area contributed by atoms with Crippen molar-refractivity contribution in [2.45, 2.75) is 19.4 Å². The number of nitrogens with zero attached hydrogens (tertiary/aromatic N) is 3. The number of nitrogens with two attached hydrogens (primary N) is 1. The van der Waals surface area contributed by atoms with Crippen LogP contribution in [0.5, 0.6) is 5.75 Å². The van der Waals surface area contributed by atoms with Gasteiger partial charge < -0.3 is 15.2 Å². The Labute approximate surface area is 189 Å². The lowest BCUT2D eigenvalue weighted by Crippen LogP contribution is -2.31. The minimum atomic E-state index is -0.672. The number of esters is 1. The number of nitrogen functional groups attached to an aromatic ring is 1. The van der Waals surface area contributed by atoms with Crippen LogP contribution in [0.4, 0.5) is 5.00 Å². The second-order valence-corrected chi connectivity index (χ2v) is 8.03. The third-order valence-electron chi connectivity index (χ3n) is 5.19. The average molecular weight is 451 g/mol. The molecule has 2 aromatic carbocycles. The molecule has 9 heteroatoms. The van der Waals surface area contributed by atoms with E-state index < -0.39 is 18.5 Å².